The molecule has 0 heterocycles. The molecular weight excluding hydrogens is 498 g/mol. The Morgan fingerprint density at radius 2 is 0.805 bits per heavy atom. The highest BCUT2D eigenvalue weighted by Crippen LogP contribution is 2.19. The molecule has 240 valence electrons. The molecule has 2 nitrogen and oxygen atoms in total. The number of phenols is 1. The molecule has 1 rings (SSSR count). The van der Waals surface area contributed by atoms with Crippen molar-refractivity contribution < 1.29 is 5.11 Å². The maximum Gasteiger partial charge on any atom is 0.118 e. The molecule has 0 radical (unpaired) electrons. The molecule has 0 saturated heterocycles. The van der Waals surface area contributed by atoms with Crippen LogP contribution in [0.5, 0.6) is 5.75 Å². The van der Waals surface area contributed by atoms with Gasteiger partial charge in [-0.05, 0) is 56.5 Å². The van der Waals surface area contributed by atoms with Crippen LogP contribution in [0.1, 0.15) is 192 Å². The number of benzene rings is 1. The third kappa shape index (κ3) is 24.2. The molecule has 0 aliphatic heterocycles. The molecule has 2 heteroatoms. The molecular formula is C39H73NO. The summed E-state index contributed by atoms with van der Waals surface area (Å²) in [5.41, 5.74) is 2.25. The van der Waals surface area contributed by atoms with E-state index in [2.05, 4.69) is 30.9 Å². The van der Waals surface area contributed by atoms with Crippen LogP contribution >= 0.6 is 0 Å². The van der Waals surface area contributed by atoms with Crippen LogP contribution in [0.4, 0.5) is 0 Å². The lowest BCUT2D eigenvalue weighted by molar-refractivity contribution is 0.263. The fraction of sp³-hybridized carbons (Fsp3) is 0.846. The van der Waals surface area contributed by atoms with Crippen LogP contribution in [0, 0.1) is 6.92 Å². The van der Waals surface area contributed by atoms with E-state index in [4.69, 9.17) is 0 Å². The molecule has 0 bridgehead atoms. The molecule has 0 fully saturated rings. The monoisotopic (exact) mass is 572 g/mol. The molecule has 41 heavy (non-hydrogen) atoms. The van der Waals surface area contributed by atoms with Crippen LogP contribution < -0.4 is 0 Å². The van der Waals surface area contributed by atoms with Gasteiger partial charge < -0.3 is 10.0 Å². The maximum atomic E-state index is 10.1. The minimum Gasteiger partial charge on any atom is -0.508 e. The SMILES string of the molecule is CCCCCCCCCCCCCCCN(CCCCCCCCCCCCCCC)CCc1ccc(C)c(O)c1. The second kappa shape index (κ2) is 29.1. The summed E-state index contributed by atoms with van der Waals surface area (Å²) in [7, 11) is 0. The third-order valence-corrected chi connectivity index (χ3v) is 9.15. The van der Waals surface area contributed by atoms with Crippen LogP contribution in [-0.2, 0) is 6.42 Å². The molecule has 0 aromatic heterocycles. The summed E-state index contributed by atoms with van der Waals surface area (Å²) in [6.45, 7) is 10.2. The quantitative estimate of drug-likeness (QED) is 0.0896. The first-order chi connectivity index (χ1) is 20.2. The summed E-state index contributed by atoms with van der Waals surface area (Å²) in [6, 6.07) is 6.24. The predicted molar refractivity (Wildman–Crippen MR) is 184 cm³/mol. The van der Waals surface area contributed by atoms with Gasteiger partial charge in [-0.15, -0.1) is 0 Å². The Morgan fingerprint density at radius 3 is 1.15 bits per heavy atom. The third-order valence-electron chi connectivity index (χ3n) is 9.15. The van der Waals surface area contributed by atoms with Crippen molar-refractivity contribution in [2.45, 2.75) is 194 Å². The minimum absolute atomic E-state index is 0.446. The van der Waals surface area contributed by atoms with Gasteiger partial charge in [0.25, 0.3) is 0 Å². The van der Waals surface area contributed by atoms with Crippen molar-refractivity contribution >= 4 is 0 Å². The number of hydrogen-bond acceptors (Lipinski definition) is 2. The Morgan fingerprint density at radius 1 is 0.463 bits per heavy atom. The Balaban J connectivity index is 2.15. The van der Waals surface area contributed by atoms with Crippen LogP contribution in [0.2, 0.25) is 0 Å². The van der Waals surface area contributed by atoms with Crippen LogP contribution in [0.15, 0.2) is 18.2 Å². The summed E-state index contributed by atoms with van der Waals surface area (Å²) < 4.78 is 0. The highest BCUT2D eigenvalue weighted by Gasteiger charge is 2.07. The fourth-order valence-corrected chi connectivity index (χ4v) is 6.14. The molecule has 1 aromatic rings. The summed E-state index contributed by atoms with van der Waals surface area (Å²) in [5, 5.41) is 10.1. The van der Waals surface area contributed by atoms with E-state index in [1.807, 2.05) is 13.0 Å². The highest BCUT2D eigenvalue weighted by atomic mass is 16.3. The highest BCUT2D eigenvalue weighted by molar-refractivity contribution is 5.35. The molecule has 0 aliphatic rings. The normalized spacial score (nSPS) is 11.6. The Kier molecular flexibility index (Phi) is 26.9. The number of unbranched alkanes of at least 4 members (excludes halogenated alkanes) is 24. The molecule has 0 atom stereocenters. The van der Waals surface area contributed by atoms with E-state index < -0.39 is 0 Å². The summed E-state index contributed by atoms with van der Waals surface area (Å²) in [6.07, 6.45) is 38.0. The van der Waals surface area contributed by atoms with Gasteiger partial charge in [0.05, 0.1) is 0 Å². The first-order valence-corrected chi connectivity index (χ1v) is 18.7. The average molecular weight is 572 g/mol. The second-order valence-electron chi connectivity index (χ2n) is 13.2. The number of rotatable bonds is 31. The molecule has 1 aromatic carbocycles. The van der Waals surface area contributed by atoms with E-state index in [0.717, 1.165) is 18.5 Å². The van der Waals surface area contributed by atoms with Crippen molar-refractivity contribution in [3.8, 4) is 5.75 Å². The molecule has 1 N–H and O–H groups in total. The predicted octanol–water partition coefficient (Wildman–Crippen LogP) is 12.7. The zero-order chi connectivity index (χ0) is 29.6. The number of aromatic hydroxyl groups is 1. The Hall–Kier alpha value is -1.02. The van der Waals surface area contributed by atoms with Gasteiger partial charge in [-0.3, -0.25) is 0 Å². The van der Waals surface area contributed by atoms with Crippen molar-refractivity contribution in [1.29, 1.82) is 0 Å². The van der Waals surface area contributed by atoms with E-state index in [0.29, 0.717) is 5.75 Å². The molecule has 0 saturated carbocycles. The largest absolute Gasteiger partial charge is 0.508 e. The Labute approximate surface area is 258 Å². The van der Waals surface area contributed by atoms with E-state index in [-0.39, 0.29) is 0 Å². The molecule has 0 amide bonds. The number of nitrogens with zero attached hydrogens (tertiary/aromatic N) is 1. The lowest BCUT2D eigenvalue weighted by Gasteiger charge is -2.22. The average Bonchev–Trinajstić information content (AvgIpc) is 2.97. The topological polar surface area (TPSA) is 23.5 Å². The zero-order valence-corrected chi connectivity index (χ0v) is 28.3. The molecule has 0 spiro atoms. The first kappa shape index (κ1) is 38.0. The number of aryl methyl sites for hydroxylation is 1. The van der Waals surface area contributed by atoms with Gasteiger partial charge in [0.1, 0.15) is 5.75 Å². The minimum atomic E-state index is 0.446. The maximum absolute atomic E-state index is 10.1. The van der Waals surface area contributed by atoms with Crippen LogP contribution in [0.25, 0.3) is 0 Å². The van der Waals surface area contributed by atoms with Crippen molar-refractivity contribution in [1.82, 2.24) is 4.90 Å². The van der Waals surface area contributed by atoms with Crippen molar-refractivity contribution in [3.05, 3.63) is 29.3 Å². The Bertz CT molecular complexity index is 642. The van der Waals surface area contributed by atoms with E-state index in [1.54, 1.807) is 0 Å². The standard InChI is InChI=1S/C39H73NO/c1-4-6-8-10-12-14-16-18-20-22-24-26-28-33-40(35-32-38-31-30-37(3)39(41)36-38)34-29-27-25-23-21-19-17-15-13-11-9-7-5-2/h30-31,36,41H,4-29,32-35H2,1-3H3. The lowest BCUT2D eigenvalue weighted by atomic mass is 10.0. The second-order valence-corrected chi connectivity index (χ2v) is 13.2. The summed E-state index contributed by atoms with van der Waals surface area (Å²) in [5.74, 6) is 0.446. The molecule has 0 unspecified atom stereocenters. The van der Waals surface area contributed by atoms with Gasteiger partial charge in [-0.1, -0.05) is 180 Å². The lowest BCUT2D eigenvalue weighted by Crippen LogP contribution is -2.28. The van der Waals surface area contributed by atoms with Gasteiger partial charge in [0.2, 0.25) is 0 Å². The van der Waals surface area contributed by atoms with Gasteiger partial charge in [0, 0.05) is 6.54 Å². The number of phenolic OH excluding ortho intramolecular Hbond substituents is 1. The summed E-state index contributed by atoms with van der Waals surface area (Å²) >= 11 is 0. The van der Waals surface area contributed by atoms with E-state index >= 15 is 0 Å². The van der Waals surface area contributed by atoms with Crippen LogP contribution in [0.3, 0.4) is 0 Å². The summed E-state index contributed by atoms with van der Waals surface area (Å²) in [4.78, 5) is 2.72. The van der Waals surface area contributed by atoms with Crippen molar-refractivity contribution in [2.24, 2.45) is 0 Å². The molecule has 0 aliphatic carbocycles. The zero-order valence-electron chi connectivity index (χ0n) is 28.3. The van der Waals surface area contributed by atoms with Gasteiger partial charge >= 0.3 is 0 Å². The van der Waals surface area contributed by atoms with E-state index in [9.17, 15) is 5.11 Å². The van der Waals surface area contributed by atoms with Crippen LogP contribution in [-0.4, -0.2) is 29.6 Å². The smallest absolute Gasteiger partial charge is 0.118 e. The van der Waals surface area contributed by atoms with Crippen molar-refractivity contribution in [2.75, 3.05) is 19.6 Å². The number of hydrogen-bond donors (Lipinski definition) is 1. The van der Waals surface area contributed by atoms with E-state index in [1.165, 1.54) is 186 Å². The van der Waals surface area contributed by atoms with Gasteiger partial charge in [-0.2, -0.15) is 0 Å². The van der Waals surface area contributed by atoms with Gasteiger partial charge in [-0.25, -0.2) is 0 Å². The van der Waals surface area contributed by atoms with Gasteiger partial charge in [0.15, 0.2) is 0 Å². The first-order valence-electron chi connectivity index (χ1n) is 18.7. The fourth-order valence-electron chi connectivity index (χ4n) is 6.14. The van der Waals surface area contributed by atoms with Crippen molar-refractivity contribution in [3.63, 3.8) is 0 Å².